The van der Waals surface area contributed by atoms with Gasteiger partial charge in [-0.25, -0.2) is 4.98 Å². The third-order valence-electron chi connectivity index (χ3n) is 3.39. The maximum Gasteiger partial charge on any atom is 0.303 e. The number of aromatic nitrogens is 1. The van der Waals surface area contributed by atoms with Crippen molar-refractivity contribution < 1.29 is 9.90 Å². The first-order valence-corrected chi connectivity index (χ1v) is 7.25. The van der Waals surface area contributed by atoms with Gasteiger partial charge in [0.15, 0.2) is 0 Å². The van der Waals surface area contributed by atoms with Crippen molar-refractivity contribution in [2.75, 3.05) is 0 Å². The van der Waals surface area contributed by atoms with Crippen LogP contribution in [0.3, 0.4) is 0 Å². The summed E-state index contributed by atoms with van der Waals surface area (Å²) in [6.45, 7) is 2.10. The van der Waals surface area contributed by atoms with Crippen molar-refractivity contribution >= 4 is 17.3 Å². The SMILES string of the molecule is Cc1ccc2c(c1)-c1nc(CCCC(=O)O)sc1C2. The molecule has 0 fully saturated rings. The molecule has 1 heterocycles. The number of nitrogens with zero attached hydrogens (tertiary/aromatic N) is 1. The Bertz CT molecular complexity index is 646. The summed E-state index contributed by atoms with van der Waals surface area (Å²) < 4.78 is 0. The fourth-order valence-electron chi connectivity index (χ4n) is 2.47. The largest absolute Gasteiger partial charge is 0.481 e. The number of aryl methyl sites for hydroxylation is 2. The van der Waals surface area contributed by atoms with Crippen LogP contribution in [0.5, 0.6) is 0 Å². The molecule has 0 saturated heterocycles. The average Bonchev–Trinajstić information content (AvgIpc) is 2.86. The highest BCUT2D eigenvalue weighted by atomic mass is 32.1. The number of carbonyl (C=O) groups is 1. The molecule has 0 spiro atoms. The van der Waals surface area contributed by atoms with Gasteiger partial charge in [-0.05, 0) is 31.4 Å². The van der Waals surface area contributed by atoms with Gasteiger partial charge in [-0.3, -0.25) is 4.79 Å². The predicted octanol–water partition coefficient (Wildman–Crippen LogP) is 3.43. The Morgan fingerprint density at radius 2 is 2.32 bits per heavy atom. The first kappa shape index (κ1) is 12.4. The van der Waals surface area contributed by atoms with E-state index < -0.39 is 5.97 Å². The Labute approximate surface area is 115 Å². The fraction of sp³-hybridized carbons (Fsp3) is 0.333. The molecular weight excluding hydrogens is 258 g/mol. The van der Waals surface area contributed by atoms with Gasteiger partial charge < -0.3 is 5.11 Å². The number of carboxylic acid groups (broad SMARTS) is 1. The Hall–Kier alpha value is -1.68. The van der Waals surface area contributed by atoms with Gasteiger partial charge in [0.05, 0.1) is 10.7 Å². The fourth-order valence-corrected chi connectivity index (χ4v) is 3.61. The zero-order valence-corrected chi connectivity index (χ0v) is 11.6. The van der Waals surface area contributed by atoms with E-state index in [9.17, 15) is 4.79 Å². The van der Waals surface area contributed by atoms with Crippen molar-refractivity contribution in [3.63, 3.8) is 0 Å². The second kappa shape index (κ2) is 4.78. The number of fused-ring (bicyclic) bond motifs is 3. The number of benzene rings is 1. The van der Waals surface area contributed by atoms with Crippen LogP contribution in [-0.2, 0) is 17.6 Å². The minimum absolute atomic E-state index is 0.222. The molecule has 1 aliphatic carbocycles. The van der Waals surface area contributed by atoms with E-state index in [-0.39, 0.29) is 6.42 Å². The highest BCUT2D eigenvalue weighted by molar-refractivity contribution is 7.12. The maximum absolute atomic E-state index is 10.5. The molecule has 0 bridgehead atoms. The minimum atomic E-state index is -0.731. The third-order valence-corrected chi connectivity index (χ3v) is 4.51. The zero-order chi connectivity index (χ0) is 13.4. The van der Waals surface area contributed by atoms with Crippen molar-refractivity contribution in [3.05, 3.63) is 39.2 Å². The molecule has 0 radical (unpaired) electrons. The van der Waals surface area contributed by atoms with Crippen LogP contribution in [0.25, 0.3) is 11.3 Å². The summed E-state index contributed by atoms with van der Waals surface area (Å²) >= 11 is 1.73. The van der Waals surface area contributed by atoms with Crippen molar-refractivity contribution in [3.8, 4) is 11.3 Å². The van der Waals surface area contributed by atoms with Gasteiger partial charge in [0.25, 0.3) is 0 Å². The summed E-state index contributed by atoms with van der Waals surface area (Å²) in [7, 11) is 0. The van der Waals surface area contributed by atoms with E-state index in [1.54, 1.807) is 11.3 Å². The van der Waals surface area contributed by atoms with Crippen LogP contribution in [0, 0.1) is 6.92 Å². The molecule has 98 valence electrons. The molecule has 4 heteroatoms. The van der Waals surface area contributed by atoms with Crippen LogP contribution in [-0.4, -0.2) is 16.1 Å². The highest BCUT2D eigenvalue weighted by Gasteiger charge is 2.23. The van der Waals surface area contributed by atoms with Gasteiger partial charge in [-0.2, -0.15) is 0 Å². The van der Waals surface area contributed by atoms with Crippen LogP contribution in [0.4, 0.5) is 0 Å². The first-order chi connectivity index (χ1) is 9.13. The lowest BCUT2D eigenvalue weighted by Gasteiger charge is -2.00. The molecule has 19 heavy (non-hydrogen) atoms. The van der Waals surface area contributed by atoms with E-state index in [1.807, 2.05) is 0 Å². The third kappa shape index (κ3) is 2.40. The van der Waals surface area contributed by atoms with Crippen LogP contribution in [0.15, 0.2) is 18.2 Å². The smallest absolute Gasteiger partial charge is 0.303 e. The lowest BCUT2D eigenvalue weighted by molar-refractivity contribution is -0.137. The summed E-state index contributed by atoms with van der Waals surface area (Å²) in [4.78, 5) is 16.5. The van der Waals surface area contributed by atoms with E-state index in [0.717, 1.165) is 23.5 Å². The summed E-state index contributed by atoms with van der Waals surface area (Å²) in [5.41, 5.74) is 4.99. The summed E-state index contributed by atoms with van der Waals surface area (Å²) in [6, 6.07) is 6.52. The molecule has 1 aromatic heterocycles. The molecule has 3 nitrogen and oxygen atoms in total. The van der Waals surface area contributed by atoms with E-state index in [2.05, 4.69) is 25.1 Å². The highest BCUT2D eigenvalue weighted by Crippen LogP contribution is 2.40. The number of hydrogen-bond donors (Lipinski definition) is 1. The van der Waals surface area contributed by atoms with E-state index in [0.29, 0.717) is 6.42 Å². The van der Waals surface area contributed by atoms with Crippen LogP contribution in [0.2, 0.25) is 0 Å². The van der Waals surface area contributed by atoms with Gasteiger partial charge in [-0.1, -0.05) is 17.7 Å². The maximum atomic E-state index is 10.5. The standard InChI is InChI=1S/C15H15NO2S/c1-9-5-6-10-8-12-15(11(10)7-9)16-13(19-12)3-2-4-14(17)18/h5-7H,2-4,8H2,1H3,(H,17,18). The molecule has 0 unspecified atom stereocenters. The molecular formula is C15H15NO2S. The van der Waals surface area contributed by atoms with Crippen LogP contribution in [0.1, 0.15) is 33.9 Å². The quantitative estimate of drug-likeness (QED) is 0.792. The van der Waals surface area contributed by atoms with Gasteiger partial charge in [-0.15, -0.1) is 11.3 Å². The van der Waals surface area contributed by atoms with Gasteiger partial charge in [0, 0.05) is 23.3 Å². The Morgan fingerprint density at radius 3 is 3.11 bits per heavy atom. The Kier molecular flexibility index (Phi) is 3.11. The van der Waals surface area contributed by atoms with Crippen molar-refractivity contribution in [1.82, 2.24) is 4.98 Å². The summed E-state index contributed by atoms with van der Waals surface area (Å²) in [5.74, 6) is -0.731. The number of rotatable bonds is 4. The molecule has 0 saturated carbocycles. The summed E-state index contributed by atoms with van der Waals surface area (Å²) in [5, 5.41) is 9.72. The molecule has 3 rings (SSSR count). The summed E-state index contributed by atoms with van der Waals surface area (Å²) in [6.07, 6.45) is 2.63. The second-order valence-electron chi connectivity index (χ2n) is 4.96. The lowest BCUT2D eigenvalue weighted by atomic mass is 10.1. The predicted molar refractivity (Wildman–Crippen MR) is 75.7 cm³/mol. The van der Waals surface area contributed by atoms with Gasteiger partial charge in [0.2, 0.25) is 0 Å². The van der Waals surface area contributed by atoms with Gasteiger partial charge in [0.1, 0.15) is 0 Å². The number of aliphatic carboxylic acids is 1. The van der Waals surface area contributed by atoms with Crippen LogP contribution >= 0.6 is 11.3 Å². The molecule has 0 aliphatic heterocycles. The average molecular weight is 273 g/mol. The zero-order valence-electron chi connectivity index (χ0n) is 10.8. The lowest BCUT2D eigenvalue weighted by Crippen LogP contribution is -1.95. The number of hydrogen-bond acceptors (Lipinski definition) is 3. The normalized spacial score (nSPS) is 12.3. The molecule has 1 aliphatic rings. The monoisotopic (exact) mass is 273 g/mol. The Balaban J connectivity index is 1.81. The number of thiazole rings is 1. The molecule has 2 aromatic rings. The van der Waals surface area contributed by atoms with E-state index in [4.69, 9.17) is 10.1 Å². The number of carboxylic acids is 1. The minimum Gasteiger partial charge on any atom is -0.481 e. The van der Waals surface area contributed by atoms with Crippen molar-refractivity contribution in [1.29, 1.82) is 0 Å². The van der Waals surface area contributed by atoms with Crippen LogP contribution < -0.4 is 0 Å². The van der Waals surface area contributed by atoms with Gasteiger partial charge >= 0.3 is 5.97 Å². The van der Waals surface area contributed by atoms with E-state index in [1.165, 1.54) is 21.6 Å². The van der Waals surface area contributed by atoms with Crippen molar-refractivity contribution in [2.45, 2.75) is 32.6 Å². The first-order valence-electron chi connectivity index (χ1n) is 6.44. The molecule has 0 atom stereocenters. The second-order valence-corrected chi connectivity index (χ2v) is 6.13. The van der Waals surface area contributed by atoms with Crippen molar-refractivity contribution in [2.24, 2.45) is 0 Å². The Morgan fingerprint density at radius 1 is 1.47 bits per heavy atom. The topological polar surface area (TPSA) is 50.2 Å². The molecule has 1 aromatic carbocycles. The molecule has 0 amide bonds. The van der Waals surface area contributed by atoms with E-state index >= 15 is 0 Å². The molecule has 1 N–H and O–H groups in total.